The number of hydrogen-bond donors (Lipinski definition) is 2. The summed E-state index contributed by atoms with van der Waals surface area (Å²) < 4.78 is 3.91. The van der Waals surface area contributed by atoms with Crippen molar-refractivity contribution < 1.29 is 5.11 Å². The third-order valence-corrected chi connectivity index (χ3v) is 6.23. The summed E-state index contributed by atoms with van der Waals surface area (Å²) in [5, 5.41) is 15.3. The number of nitrogen functional groups attached to an aromatic ring is 1. The number of rotatable bonds is 6. The normalized spacial score (nSPS) is 11.5. The van der Waals surface area contributed by atoms with E-state index in [1.807, 2.05) is 60.7 Å². The van der Waals surface area contributed by atoms with Crippen LogP contribution in [0.5, 0.6) is 0 Å². The molecule has 172 valence electrons. The summed E-state index contributed by atoms with van der Waals surface area (Å²) in [7, 11) is 0. The fourth-order valence-electron chi connectivity index (χ4n) is 4.68. The monoisotopic (exact) mass is 460 g/mol. The Hall–Kier alpha value is -4.49. The summed E-state index contributed by atoms with van der Waals surface area (Å²) in [5.41, 5.74) is 13.4. The molecule has 0 saturated carbocycles. The van der Waals surface area contributed by atoms with Gasteiger partial charge in [-0.1, -0.05) is 72.8 Å². The van der Waals surface area contributed by atoms with Gasteiger partial charge in [-0.3, -0.25) is 0 Å². The minimum absolute atomic E-state index is 0.0964. The van der Waals surface area contributed by atoms with Gasteiger partial charge in [0.05, 0.1) is 11.1 Å². The molecule has 0 aliphatic heterocycles. The van der Waals surface area contributed by atoms with Crippen molar-refractivity contribution in [3.63, 3.8) is 0 Å². The predicted molar refractivity (Wildman–Crippen MR) is 139 cm³/mol. The minimum atomic E-state index is 0.0964. The Morgan fingerprint density at radius 1 is 0.800 bits per heavy atom. The SMILES string of the molecule is Nc1ccccc1-c1nc2c3c(-c4ccccc4)c(-c4ccccc4)n(CCCO)c3ncn2n1. The lowest BCUT2D eigenvalue weighted by molar-refractivity contribution is 0.281. The molecule has 35 heavy (non-hydrogen) atoms. The molecule has 7 heteroatoms. The van der Waals surface area contributed by atoms with Crippen molar-refractivity contribution in [3.05, 3.63) is 91.3 Å². The van der Waals surface area contributed by atoms with E-state index in [9.17, 15) is 5.11 Å². The zero-order chi connectivity index (χ0) is 23.8. The molecule has 7 nitrogen and oxygen atoms in total. The van der Waals surface area contributed by atoms with E-state index in [0.29, 0.717) is 30.1 Å². The van der Waals surface area contributed by atoms with Crippen molar-refractivity contribution in [2.75, 3.05) is 12.3 Å². The second-order valence-electron chi connectivity index (χ2n) is 8.42. The Bertz CT molecular complexity index is 1640. The number of nitrogens with two attached hydrogens (primary N) is 1. The van der Waals surface area contributed by atoms with E-state index < -0.39 is 0 Å². The van der Waals surface area contributed by atoms with Gasteiger partial charge in [0.15, 0.2) is 11.5 Å². The van der Waals surface area contributed by atoms with Crippen molar-refractivity contribution in [2.45, 2.75) is 13.0 Å². The van der Waals surface area contributed by atoms with Crippen LogP contribution in [0, 0.1) is 0 Å². The van der Waals surface area contributed by atoms with Gasteiger partial charge in [0.25, 0.3) is 0 Å². The average Bonchev–Trinajstić information content (AvgIpc) is 3.48. The van der Waals surface area contributed by atoms with Gasteiger partial charge in [-0.25, -0.2) is 14.5 Å². The molecule has 0 amide bonds. The predicted octanol–water partition coefficient (Wildman–Crippen LogP) is 5.04. The largest absolute Gasteiger partial charge is 0.398 e. The van der Waals surface area contributed by atoms with Crippen LogP contribution in [0.15, 0.2) is 91.3 Å². The fraction of sp³-hybridized carbons (Fsp3) is 0.107. The van der Waals surface area contributed by atoms with E-state index in [1.165, 1.54) is 0 Å². The van der Waals surface area contributed by atoms with Crippen LogP contribution in [0.2, 0.25) is 0 Å². The lowest BCUT2D eigenvalue weighted by Crippen LogP contribution is -2.04. The molecule has 6 aromatic rings. The lowest BCUT2D eigenvalue weighted by atomic mass is 9.99. The molecule has 0 radical (unpaired) electrons. The van der Waals surface area contributed by atoms with Gasteiger partial charge >= 0.3 is 0 Å². The highest BCUT2D eigenvalue weighted by Crippen LogP contribution is 2.42. The van der Waals surface area contributed by atoms with Gasteiger partial charge < -0.3 is 15.4 Å². The molecule has 0 saturated heterocycles. The van der Waals surface area contributed by atoms with Gasteiger partial charge in [-0.2, -0.15) is 0 Å². The van der Waals surface area contributed by atoms with Crippen LogP contribution >= 0.6 is 0 Å². The number of para-hydroxylation sites is 1. The van der Waals surface area contributed by atoms with Crippen LogP contribution in [0.4, 0.5) is 5.69 Å². The molecular weight excluding hydrogens is 436 g/mol. The summed E-state index contributed by atoms with van der Waals surface area (Å²) >= 11 is 0. The maximum Gasteiger partial charge on any atom is 0.184 e. The summed E-state index contributed by atoms with van der Waals surface area (Å²) in [5.74, 6) is 0.556. The molecule has 0 bridgehead atoms. The van der Waals surface area contributed by atoms with Crippen molar-refractivity contribution >= 4 is 22.4 Å². The quantitative estimate of drug-likeness (QED) is 0.340. The molecule has 3 N–H and O–H groups in total. The summed E-state index contributed by atoms with van der Waals surface area (Å²) in [6.07, 6.45) is 2.31. The Morgan fingerprint density at radius 2 is 1.49 bits per heavy atom. The molecule has 0 aliphatic rings. The highest BCUT2D eigenvalue weighted by Gasteiger charge is 2.24. The van der Waals surface area contributed by atoms with E-state index in [2.05, 4.69) is 28.8 Å². The molecular formula is C28H24N6O. The molecule has 0 fully saturated rings. The maximum atomic E-state index is 9.64. The van der Waals surface area contributed by atoms with Crippen LogP contribution in [-0.4, -0.2) is 35.9 Å². The molecule has 0 spiro atoms. The molecule has 0 aliphatic carbocycles. The van der Waals surface area contributed by atoms with Crippen molar-refractivity contribution in [1.82, 2.24) is 24.1 Å². The number of fused-ring (bicyclic) bond motifs is 3. The molecule has 0 unspecified atom stereocenters. The third-order valence-electron chi connectivity index (χ3n) is 6.23. The number of aliphatic hydroxyl groups excluding tert-OH is 1. The zero-order valence-electron chi connectivity index (χ0n) is 19.0. The Kier molecular flexibility index (Phi) is 5.24. The van der Waals surface area contributed by atoms with Gasteiger partial charge in [-0.15, -0.1) is 5.10 Å². The topological polar surface area (TPSA) is 94.3 Å². The minimum Gasteiger partial charge on any atom is -0.398 e. The van der Waals surface area contributed by atoms with Gasteiger partial charge in [0.2, 0.25) is 0 Å². The van der Waals surface area contributed by atoms with E-state index in [-0.39, 0.29) is 6.61 Å². The molecule has 0 atom stereocenters. The highest BCUT2D eigenvalue weighted by atomic mass is 16.3. The first-order valence-electron chi connectivity index (χ1n) is 11.6. The second kappa shape index (κ2) is 8.70. The highest BCUT2D eigenvalue weighted by molar-refractivity contribution is 6.09. The molecule has 3 aromatic heterocycles. The number of nitrogens with zero attached hydrogens (tertiary/aromatic N) is 5. The number of aryl methyl sites for hydroxylation is 1. The number of aliphatic hydroxyl groups is 1. The number of benzene rings is 3. The Balaban J connectivity index is 1.74. The van der Waals surface area contributed by atoms with Crippen LogP contribution in [0.1, 0.15) is 6.42 Å². The van der Waals surface area contributed by atoms with Crippen LogP contribution in [-0.2, 0) is 6.54 Å². The number of anilines is 1. The standard InChI is InChI=1S/C28H24N6O/c29-22-15-8-7-14-21(22)26-31-28-24-23(19-10-3-1-4-11-19)25(20-12-5-2-6-13-20)33(16-9-17-35)27(24)30-18-34(28)32-26/h1-8,10-15,18,35H,9,16-17,29H2. The van der Waals surface area contributed by atoms with Crippen LogP contribution in [0.25, 0.3) is 50.5 Å². The Labute approximate surface area is 202 Å². The van der Waals surface area contributed by atoms with E-state index in [4.69, 9.17) is 20.8 Å². The molecule has 3 heterocycles. The van der Waals surface area contributed by atoms with Crippen molar-refractivity contribution in [2.24, 2.45) is 0 Å². The first-order valence-corrected chi connectivity index (χ1v) is 11.6. The molecule has 6 rings (SSSR count). The summed E-state index contributed by atoms with van der Waals surface area (Å²) in [6, 6.07) is 28.2. The van der Waals surface area contributed by atoms with Crippen molar-refractivity contribution in [3.8, 4) is 33.8 Å². The van der Waals surface area contributed by atoms with Crippen LogP contribution in [0.3, 0.4) is 0 Å². The van der Waals surface area contributed by atoms with E-state index in [0.717, 1.165) is 39.0 Å². The van der Waals surface area contributed by atoms with Gasteiger partial charge in [0.1, 0.15) is 12.0 Å². The Morgan fingerprint density at radius 3 is 2.20 bits per heavy atom. The number of hydrogen-bond acceptors (Lipinski definition) is 5. The fourth-order valence-corrected chi connectivity index (χ4v) is 4.68. The maximum absolute atomic E-state index is 9.64. The summed E-state index contributed by atoms with van der Waals surface area (Å²) in [4.78, 5) is 9.79. The van der Waals surface area contributed by atoms with Crippen molar-refractivity contribution in [1.29, 1.82) is 0 Å². The second-order valence-corrected chi connectivity index (χ2v) is 8.42. The first kappa shape index (κ1) is 21.1. The zero-order valence-corrected chi connectivity index (χ0v) is 19.0. The number of aromatic nitrogens is 5. The van der Waals surface area contributed by atoms with Gasteiger partial charge in [-0.05, 0) is 29.7 Å². The third kappa shape index (κ3) is 3.53. The van der Waals surface area contributed by atoms with Gasteiger partial charge in [0, 0.05) is 30.0 Å². The lowest BCUT2D eigenvalue weighted by Gasteiger charge is -2.12. The molecule has 3 aromatic carbocycles. The van der Waals surface area contributed by atoms with E-state index >= 15 is 0 Å². The average molecular weight is 461 g/mol. The van der Waals surface area contributed by atoms with E-state index in [1.54, 1.807) is 10.8 Å². The first-order chi connectivity index (χ1) is 17.3. The smallest absolute Gasteiger partial charge is 0.184 e. The van der Waals surface area contributed by atoms with Crippen LogP contribution < -0.4 is 5.73 Å². The summed E-state index contributed by atoms with van der Waals surface area (Å²) in [6.45, 7) is 0.721.